The molecule has 0 aromatic carbocycles. The Hall–Kier alpha value is -0.570. The van der Waals surface area contributed by atoms with E-state index >= 15 is 0 Å². The molecule has 0 radical (unpaired) electrons. The topological polar surface area (TPSA) is 63.3 Å². The van der Waals surface area contributed by atoms with Crippen LogP contribution in [0.5, 0.6) is 0 Å². The van der Waals surface area contributed by atoms with E-state index in [0.717, 1.165) is 12.8 Å². The van der Waals surface area contributed by atoms with E-state index in [0.29, 0.717) is 13.0 Å². The molecule has 102 valence electrons. The Morgan fingerprint density at radius 1 is 1.00 bits per heavy atom. The van der Waals surface area contributed by atoms with Crippen molar-refractivity contribution in [2.45, 2.75) is 60.8 Å². The summed E-state index contributed by atoms with van der Waals surface area (Å²) in [5, 5.41) is 9.19. The molecular formula is C14H29NO2. The molecule has 3 heteroatoms. The summed E-state index contributed by atoms with van der Waals surface area (Å²) in [5.41, 5.74) is 5.14. The lowest BCUT2D eigenvalue weighted by Crippen LogP contribution is -2.33. The third-order valence-corrected chi connectivity index (χ3v) is 3.28. The first kappa shape index (κ1) is 16.4. The maximum atomic E-state index is 11.2. The molecule has 0 saturated carbocycles. The predicted octanol–water partition coefficient (Wildman–Crippen LogP) is 3.28. The summed E-state index contributed by atoms with van der Waals surface area (Å²) in [6.07, 6.45) is 2.65. The minimum absolute atomic E-state index is 0.0144. The van der Waals surface area contributed by atoms with Gasteiger partial charge >= 0.3 is 5.97 Å². The lowest BCUT2D eigenvalue weighted by atomic mass is 9.67. The average molecular weight is 243 g/mol. The van der Waals surface area contributed by atoms with Crippen molar-refractivity contribution in [3.63, 3.8) is 0 Å². The highest BCUT2D eigenvalue weighted by atomic mass is 16.4. The fourth-order valence-corrected chi connectivity index (χ4v) is 3.11. The lowest BCUT2D eigenvalue weighted by Gasteiger charge is -2.38. The van der Waals surface area contributed by atoms with Crippen LogP contribution in [0.2, 0.25) is 0 Å². The number of rotatable bonds is 7. The molecule has 3 nitrogen and oxygen atoms in total. The van der Waals surface area contributed by atoms with Crippen molar-refractivity contribution in [2.75, 3.05) is 6.54 Å². The molecule has 0 spiro atoms. The molecule has 3 N–H and O–H groups in total. The van der Waals surface area contributed by atoms with Crippen molar-refractivity contribution < 1.29 is 9.90 Å². The molecule has 0 heterocycles. The molecule has 0 unspecified atom stereocenters. The van der Waals surface area contributed by atoms with E-state index in [4.69, 9.17) is 5.73 Å². The normalized spacial score (nSPS) is 13.8. The molecule has 0 rings (SSSR count). The van der Waals surface area contributed by atoms with Gasteiger partial charge in [-0.15, -0.1) is 0 Å². The minimum atomic E-state index is -0.720. The Morgan fingerprint density at radius 2 is 1.47 bits per heavy atom. The summed E-state index contributed by atoms with van der Waals surface area (Å²) >= 11 is 0. The third kappa shape index (κ3) is 6.06. The Bertz CT molecular complexity index is 267. The van der Waals surface area contributed by atoms with Crippen LogP contribution in [-0.4, -0.2) is 17.6 Å². The molecule has 0 amide bonds. The van der Waals surface area contributed by atoms with Crippen molar-refractivity contribution in [1.29, 1.82) is 0 Å². The van der Waals surface area contributed by atoms with E-state index in [1.54, 1.807) is 13.8 Å². The highest BCUT2D eigenvalue weighted by Crippen LogP contribution is 2.43. The number of carboxylic acid groups (broad SMARTS) is 1. The number of nitrogens with two attached hydrogens (primary N) is 1. The van der Waals surface area contributed by atoms with Crippen molar-refractivity contribution in [2.24, 2.45) is 22.0 Å². The van der Waals surface area contributed by atoms with Gasteiger partial charge < -0.3 is 10.8 Å². The molecule has 0 aromatic rings. The van der Waals surface area contributed by atoms with Crippen LogP contribution in [0.25, 0.3) is 0 Å². The average Bonchev–Trinajstić information content (AvgIpc) is 1.97. The summed E-state index contributed by atoms with van der Waals surface area (Å²) < 4.78 is 0. The van der Waals surface area contributed by atoms with E-state index in [9.17, 15) is 9.90 Å². The van der Waals surface area contributed by atoms with Crippen molar-refractivity contribution in [3.8, 4) is 0 Å². The Labute approximate surface area is 106 Å². The van der Waals surface area contributed by atoms with Gasteiger partial charge in [0.05, 0.1) is 5.41 Å². The molecule has 0 fully saturated rings. The summed E-state index contributed by atoms with van der Waals surface area (Å²) in [6, 6.07) is 0. The molecule has 17 heavy (non-hydrogen) atoms. The van der Waals surface area contributed by atoms with E-state index in [1.165, 1.54) is 0 Å². The van der Waals surface area contributed by atoms with Crippen molar-refractivity contribution in [3.05, 3.63) is 0 Å². The zero-order valence-electron chi connectivity index (χ0n) is 12.3. The Morgan fingerprint density at radius 3 is 1.82 bits per heavy atom. The van der Waals surface area contributed by atoms with Crippen LogP contribution >= 0.6 is 0 Å². The van der Waals surface area contributed by atoms with Gasteiger partial charge in [0, 0.05) is 0 Å². The largest absolute Gasteiger partial charge is 0.481 e. The van der Waals surface area contributed by atoms with Gasteiger partial charge in [-0.2, -0.15) is 0 Å². The monoisotopic (exact) mass is 243 g/mol. The molecule has 0 atom stereocenters. The summed E-state index contributed by atoms with van der Waals surface area (Å²) in [4.78, 5) is 11.2. The first-order valence-electron chi connectivity index (χ1n) is 6.35. The van der Waals surface area contributed by atoms with E-state index in [2.05, 4.69) is 27.7 Å². The second-order valence-electron chi connectivity index (χ2n) is 7.41. The van der Waals surface area contributed by atoms with E-state index in [1.807, 2.05) is 0 Å². The van der Waals surface area contributed by atoms with Gasteiger partial charge in [0.1, 0.15) is 0 Å². The van der Waals surface area contributed by atoms with Gasteiger partial charge in [-0.1, -0.05) is 27.7 Å². The van der Waals surface area contributed by atoms with Crippen molar-refractivity contribution in [1.82, 2.24) is 0 Å². The molecule has 0 aliphatic rings. The van der Waals surface area contributed by atoms with Crippen LogP contribution in [0.15, 0.2) is 0 Å². The smallest absolute Gasteiger partial charge is 0.309 e. The third-order valence-electron chi connectivity index (χ3n) is 3.28. The molecule has 0 saturated heterocycles. The zero-order valence-corrected chi connectivity index (χ0v) is 12.3. The fraction of sp³-hybridized carbons (Fsp3) is 0.929. The molecule has 0 bridgehead atoms. The highest BCUT2D eigenvalue weighted by molar-refractivity contribution is 5.73. The summed E-state index contributed by atoms with van der Waals surface area (Å²) in [5.74, 6) is -0.720. The second-order valence-corrected chi connectivity index (χ2v) is 7.41. The van der Waals surface area contributed by atoms with Gasteiger partial charge in [0.15, 0.2) is 0 Å². The van der Waals surface area contributed by atoms with Gasteiger partial charge in [0.2, 0.25) is 0 Å². The standard InChI is InChI=1S/C14H29NO2/c1-12(2,7-8-15)9-13(3,4)10-14(5,6)11(16)17/h7-10,15H2,1-6H3,(H,16,17). The van der Waals surface area contributed by atoms with Crippen LogP contribution < -0.4 is 5.73 Å². The van der Waals surface area contributed by atoms with Crippen LogP contribution in [-0.2, 0) is 4.79 Å². The quantitative estimate of drug-likeness (QED) is 0.721. The number of carbonyl (C=O) groups is 1. The first-order valence-corrected chi connectivity index (χ1v) is 6.35. The first-order chi connectivity index (χ1) is 7.42. The molecule has 0 aliphatic carbocycles. The van der Waals surface area contributed by atoms with Gasteiger partial charge in [-0.3, -0.25) is 4.79 Å². The predicted molar refractivity (Wildman–Crippen MR) is 71.9 cm³/mol. The van der Waals surface area contributed by atoms with Crippen LogP contribution in [0.4, 0.5) is 0 Å². The number of aliphatic carboxylic acids is 1. The molecule has 0 aliphatic heterocycles. The van der Waals surface area contributed by atoms with Crippen LogP contribution in [0.3, 0.4) is 0 Å². The number of hydrogen-bond acceptors (Lipinski definition) is 2. The summed E-state index contributed by atoms with van der Waals surface area (Å²) in [7, 11) is 0. The van der Waals surface area contributed by atoms with Gasteiger partial charge in [-0.05, 0) is 50.5 Å². The Balaban J connectivity index is 4.64. The van der Waals surface area contributed by atoms with E-state index in [-0.39, 0.29) is 10.8 Å². The lowest BCUT2D eigenvalue weighted by molar-refractivity contribution is -0.149. The van der Waals surface area contributed by atoms with E-state index < -0.39 is 11.4 Å². The van der Waals surface area contributed by atoms with Crippen LogP contribution in [0, 0.1) is 16.2 Å². The van der Waals surface area contributed by atoms with Gasteiger partial charge in [-0.25, -0.2) is 0 Å². The fourth-order valence-electron chi connectivity index (χ4n) is 3.11. The van der Waals surface area contributed by atoms with Crippen molar-refractivity contribution >= 4 is 5.97 Å². The maximum absolute atomic E-state index is 11.2. The highest BCUT2D eigenvalue weighted by Gasteiger charge is 2.37. The molecular weight excluding hydrogens is 214 g/mol. The SMILES string of the molecule is CC(C)(CCN)CC(C)(C)CC(C)(C)C(=O)O. The minimum Gasteiger partial charge on any atom is -0.481 e. The Kier molecular flexibility index (Phi) is 5.20. The number of carboxylic acids is 1. The van der Waals surface area contributed by atoms with Gasteiger partial charge in [0.25, 0.3) is 0 Å². The van der Waals surface area contributed by atoms with Crippen LogP contribution in [0.1, 0.15) is 60.8 Å². The second kappa shape index (κ2) is 5.38. The molecule has 0 aromatic heterocycles. The maximum Gasteiger partial charge on any atom is 0.309 e. The zero-order chi connectivity index (χ0) is 13.9. The number of hydrogen-bond donors (Lipinski definition) is 2. The summed E-state index contributed by atoms with van der Waals surface area (Å²) in [6.45, 7) is 13.0.